The Morgan fingerprint density at radius 1 is 1.08 bits per heavy atom. The third kappa shape index (κ3) is 3.38. The molecular weight excluding hydrogens is 348 g/mol. The van der Waals surface area contributed by atoms with Gasteiger partial charge in [-0.2, -0.15) is 0 Å². The SMILES string of the molecule is CSc1ccc(CC(=O)Nc2nc3ccc4ccccc4c3s2)cc1. The summed E-state index contributed by atoms with van der Waals surface area (Å²) in [5, 5.41) is 5.94. The summed E-state index contributed by atoms with van der Waals surface area (Å²) in [6.45, 7) is 0. The maximum atomic E-state index is 12.3. The van der Waals surface area contributed by atoms with Crippen LogP contribution in [0, 0.1) is 0 Å². The largest absolute Gasteiger partial charge is 0.302 e. The van der Waals surface area contributed by atoms with E-state index >= 15 is 0 Å². The van der Waals surface area contributed by atoms with Crippen molar-refractivity contribution in [3.8, 4) is 0 Å². The van der Waals surface area contributed by atoms with Crippen LogP contribution in [0.3, 0.4) is 0 Å². The maximum Gasteiger partial charge on any atom is 0.230 e. The van der Waals surface area contributed by atoms with E-state index in [9.17, 15) is 4.79 Å². The van der Waals surface area contributed by atoms with Crippen LogP contribution in [0.5, 0.6) is 0 Å². The number of nitrogens with zero attached hydrogens (tertiary/aromatic N) is 1. The standard InChI is InChI=1S/C20H16N2OS2/c1-24-15-9-6-13(7-10-15)12-18(23)22-20-21-17-11-8-14-4-2-3-5-16(14)19(17)25-20/h2-11H,12H2,1H3,(H,21,22,23). The zero-order chi connectivity index (χ0) is 17.2. The lowest BCUT2D eigenvalue weighted by Crippen LogP contribution is -2.14. The highest BCUT2D eigenvalue weighted by Crippen LogP contribution is 2.32. The molecule has 0 saturated heterocycles. The summed E-state index contributed by atoms with van der Waals surface area (Å²) in [4.78, 5) is 18.1. The number of aromatic nitrogens is 1. The first-order chi connectivity index (χ1) is 12.2. The molecule has 0 spiro atoms. The molecule has 1 aromatic heterocycles. The van der Waals surface area contributed by atoms with Crippen molar-refractivity contribution in [1.29, 1.82) is 0 Å². The van der Waals surface area contributed by atoms with Crippen LogP contribution in [0.25, 0.3) is 21.0 Å². The number of amides is 1. The Morgan fingerprint density at radius 3 is 2.68 bits per heavy atom. The van der Waals surface area contributed by atoms with Gasteiger partial charge in [0.1, 0.15) is 0 Å². The van der Waals surface area contributed by atoms with Crippen molar-refractivity contribution in [1.82, 2.24) is 4.98 Å². The Kier molecular flexibility index (Phi) is 4.42. The molecule has 0 saturated carbocycles. The van der Waals surface area contributed by atoms with E-state index < -0.39 is 0 Å². The number of rotatable bonds is 4. The van der Waals surface area contributed by atoms with Crippen molar-refractivity contribution >= 4 is 55.1 Å². The Bertz CT molecular complexity index is 1050. The van der Waals surface area contributed by atoms with Crippen LogP contribution in [0.2, 0.25) is 0 Å². The summed E-state index contributed by atoms with van der Waals surface area (Å²) in [5.41, 5.74) is 1.92. The number of hydrogen-bond donors (Lipinski definition) is 1. The fourth-order valence-corrected chi connectivity index (χ4v) is 4.23. The lowest BCUT2D eigenvalue weighted by Gasteiger charge is -2.03. The van der Waals surface area contributed by atoms with Gasteiger partial charge in [-0.1, -0.05) is 53.8 Å². The first-order valence-electron chi connectivity index (χ1n) is 7.94. The summed E-state index contributed by atoms with van der Waals surface area (Å²) in [5.74, 6) is -0.0414. The van der Waals surface area contributed by atoms with E-state index in [0.29, 0.717) is 11.6 Å². The average Bonchev–Trinajstić information content (AvgIpc) is 3.05. The van der Waals surface area contributed by atoms with Gasteiger partial charge >= 0.3 is 0 Å². The molecule has 0 aliphatic carbocycles. The molecule has 25 heavy (non-hydrogen) atoms. The molecule has 5 heteroatoms. The fraction of sp³-hybridized carbons (Fsp3) is 0.100. The molecule has 4 aromatic rings. The molecule has 1 heterocycles. The van der Waals surface area contributed by atoms with Gasteiger partial charge in [0.2, 0.25) is 5.91 Å². The molecule has 0 unspecified atom stereocenters. The highest BCUT2D eigenvalue weighted by atomic mass is 32.2. The number of carbonyl (C=O) groups is 1. The highest BCUT2D eigenvalue weighted by molar-refractivity contribution is 7.98. The predicted octanol–water partition coefficient (Wildman–Crippen LogP) is 5.35. The van der Waals surface area contributed by atoms with E-state index in [0.717, 1.165) is 15.8 Å². The van der Waals surface area contributed by atoms with Crippen LogP contribution in [0.15, 0.2) is 65.6 Å². The number of hydrogen-bond acceptors (Lipinski definition) is 4. The van der Waals surface area contributed by atoms with E-state index in [2.05, 4.69) is 28.5 Å². The molecule has 0 bridgehead atoms. The average molecular weight is 364 g/mol. The second-order valence-electron chi connectivity index (χ2n) is 5.73. The van der Waals surface area contributed by atoms with E-state index in [4.69, 9.17) is 0 Å². The maximum absolute atomic E-state index is 12.3. The lowest BCUT2D eigenvalue weighted by atomic mass is 10.1. The normalized spacial score (nSPS) is 11.1. The molecule has 1 N–H and O–H groups in total. The van der Waals surface area contributed by atoms with Gasteiger partial charge in [-0.3, -0.25) is 4.79 Å². The Hall–Kier alpha value is -2.37. The smallest absolute Gasteiger partial charge is 0.230 e. The summed E-state index contributed by atoms with van der Waals surface area (Å²) in [6.07, 6.45) is 2.39. The first kappa shape index (κ1) is 16.1. The molecule has 3 aromatic carbocycles. The quantitative estimate of drug-likeness (QED) is 0.496. The van der Waals surface area contributed by atoms with Crippen LogP contribution < -0.4 is 5.32 Å². The van der Waals surface area contributed by atoms with Gasteiger partial charge < -0.3 is 5.32 Å². The zero-order valence-electron chi connectivity index (χ0n) is 13.7. The van der Waals surface area contributed by atoms with E-state index in [1.54, 1.807) is 11.8 Å². The van der Waals surface area contributed by atoms with Crippen molar-refractivity contribution in [2.45, 2.75) is 11.3 Å². The number of fused-ring (bicyclic) bond motifs is 3. The van der Waals surface area contributed by atoms with Gasteiger partial charge in [-0.05, 0) is 35.4 Å². The molecule has 3 nitrogen and oxygen atoms in total. The van der Waals surface area contributed by atoms with Crippen molar-refractivity contribution < 1.29 is 4.79 Å². The third-order valence-electron chi connectivity index (χ3n) is 4.05. The molecule has 0 atom stereocenters. The second-order valence-corrected chi connectivity index (χ2v) is 7.61. The zero-order valence-corrected chi connectivity index (χ0v) is 15.3. The number of thioether (sulfide) groups is 1. The lowest BCUT2D eigenvalue weighted by molar-refractivity contribution is -0.115. The third-order valence-corrected chi connectivity index (χ3v) is 5.81. The molecule has 124 valence electrons. The van der Waals surface area contributed by atoms with Crippen LogP contribution in [-0.2, 0) is 11.2 Å². The van der Waals surface area contributed by atoms with Gasteiger partial charge in [0, 0.05) is 10.3 Å². The minimum Gasteiger partial charge on any atom is -0.302 e. The van der Waals surface area contributed by atoms with Gasteiger partial charge in [0.25, 0.3) is 0 Å². The van der Waals surface area contributed by atoms with Gasteiger partial charge in [-0.25, -0.2) is 4.98 Å². The Morgan fingerprint density at radius 2 is 1.88 bits per heavy atom. The second kappa shape index (κ2) is 6.86. The van der Waals surface area contributed by atoms with Crippen molar-refractivity contribution in [3.63, 3.8) is 0 Å². The Balaban J connectivity index is 1.55. The van der Waals surface area contributed by atoms with Gasteiger partial charge in [-0.15, -0.1) is 11.8 Å². The van der Waals surface area contributed by atoms with Gasteiger partial charge in [0.15, 0.2) is 5.13 Å². The highest BCUT2D eigenvalue weighted by Gasteiger charge is 2.10. The van der Waals surface area contributed by atoms with Crippen LogP contribution >= 0.6 is 23.1 Å². The fourth-order valence-electron chi connectivity index (χ4n) is 2.80. The van der Waals surface area contributed by atoms with E-state index in [1.165, 1.54) is 27.0 Å². The molecular formula is C20H16N2OS2. The molecule has 0 aliphatic rings. The molecule has 0 aliphatic heterocycles. The first-order valence-corrected chi connectivity index (χ1v) is 9.98. The van der Waals surface area contributed by atoms with Crippen LogP contribution in [0.4, 0.5) is 5.13 Å². The molecule has 4 rings (SSSR count). The minimum atomic E-state index is -0.0414. The van der Waals surface area contributed by atoms with Crippen molar-refractivity contribution in [2.24, 2.45) is 0 Å². The monoisotopic (exact) mass is 364 g/mol. The number of nitrogens with one attached hydrogen (secondary N) is 1. The van der Waals surface area contributed by atoms with Crippen molar-refractivity contribution in [3.05, 3.63) is 66.2 Å². The number of benzene rings is 3. The van der Waals surface area contributed by atoms with Gasteiger partial charge in [0.05, 0.1) is 16.6 Å². The summed E-state index contributed by atoms with van der Waals surface area (Å²) in [7, 11) is 0. The molecule has 0 fully saturated rings. The molecule has 1 amide bonds. The summed E-state index contributed by atoms with van der Waals surface area (Å²) in [6, 6.07) is 20.4. The molecule has 0 radical (unpaired) electrons. The van der Waals surface area contributed by atoms with Crippen LogP contribution in [0.1, 0.15) is 5.56 Å². The summed E-state index contributed by atoms with van der Waals surface area (Å²) < 4.78 is 1.11. The topological polar surface area (TPSA) is 42.0 Å². The van der Waals surface area contributed by atoms with E-state index in [-0.39, 0.29) is 5.91 Å². The Labute approximate surface area is 154 Å². The number of carbonyl (C=O) groups excluding carboxylic acids is 1. The number of thiazole rings is 1. The van der Waals surface area contributed by atoms with Crippen molar-refractivity contribution in [2.75, 3.05) is 11.6 Å². The minimum absolute atomic E-state index is 0.0414. The van der Waals surface area contributed by atoms with Crippen LogP contribution in [-0.4, -0.2) is 17.1 Å². The predicted molar refractivity (Wildman–Crippen MR) is 108 cm³/mol. The number of anilines is 1. The van der Waals surface area contributed by atoms with E-state index in [1.807, 2.05) is 48.7 Å². The summed E-state index contributed by atoms with van der Waals surface area (Å²) >= 11 is 3.22.